The SMILES string of the molecule is CC[C@H](NC(=O)c1cc(-c2cnn(C)c2)cnc1N)C(=O)NC1CCCC1. The highest BCUT2D eigenvalue weighted by Crippen LogP contribution is 2.22. The molecule has 0 radical (unpaired) electrons. The lowest BCUT2D eigenvalue weighted by Crippen LogP contribution is -2.48. The summed E-state index contributed by atoms with van der Waals surface area (Å²) in [7, 11) is 1.82. The molecule has 27 heavy (non-hydrogen) atoms. The third kappa shape index (κ3) is 4.45. The molecule has 4 N–H and O–H groups in total. The number of nitrogens with zero attached hydrogens (tertiary/aromatic N) is 3. The Morgan fingerprint density at radius 2 is 2.04 bits per heavy atom. The van der Waals surface area contributed by atoms with Crippen molar-refractivity contribution in [1.29, 1.82) is 0 Å². The molecule has 1 aliphatic rings. The Morgan fingerprint density at radius 3 is 2.67 bits per heavy atom. The zero-order valence-corrected chi connectivity index (χ0v) is 15.7. The van der Waals surface area contributed by atoms with Crippen LogP contribution in [-0.4, -0.2) is 38.7 Å². The van der Waals surface area contributed by atoms with Gasteiger partial charge in [0.05, 0.1) is 11.8 Å². The normalized spacial score (nSPS) is 15.5. The molecule has 2 aromatic rings. The number of anilines is 1. The Morgan fingerprint density at radius 1 is 1.30 bits per heavy atom. The number of nitrogen functional groups attached to an aromatic ring is 1. The van der Waals surface area contributed by atoms with E-state index >= 15 is 0 Å². The van der Waals surface area contributed by atoms with Crippen molar-refractivity contribution < 1.29 is 9.59 Å². The number of rotatable bonds is 6. The average Bonchev–Trinajstić information content (AvgIpc) is 3.31. The maximum absolute atomic E-state index is 12.7. The number of pyridine rings is 1. The van der Waals surface area contributed by atoms with Gasteiger partial charge in [0.25, 0.3) is 5.91 Å². The minimum absolute atomic E-state index is 0.131. The van der Waals surface area contributed by atoms with Gasteiger partial charge in [0.2, 0.25) is 5.91 Å². The second kappa shape index (κ2) is 8.20. The molecule has 1 fully saturated rings. The van der Waals surface area contributed by atoms with Crippen LogP contribution in [0.1, 0.15) is 49.4 Å². The zero-order chi connectivity index (χ0) is 19.4. The quantitative estimate of drug-likeness (QED) is 0.715. The van der Waals surface area contributed by atoms with Gasteiger partial charge in [0, 0.05) is 36.6 Å². The molecule has 2 heterocycles. The van der Waals surface area contributed by atoms with Crippen LogP contribution in [0.25, 0.3) is 11.1 Å². The highest BCUT2D eigenvalue weighted by Gasteiger charge is 2.25. The monoisotopic (exact) mass is 370 g/mol. The van der Waals surface area contributed by atoms with Gasteiger partial charge in [-0.15, -0.1) is 0 Å². The summed E-state index contributed by atoms with van der Waals surface area (Å²) < 4.78 is 1.67. The van der Waals surface area contributed by atoms with Crippen LogP contribution in [0, 0.1) is 0 Å². The Kier molecular flexibility index (Phi) is 5.73. The molecule has 1 aliphatic carbocycles. The Labute approximate surface area is 158 Å². The van der Waals surface area contributed by atoms with Gasteiger partial charge >= 0.3 is 0 Å². The maximum Gasteiger partial charge on any atom is 0.255 e. The van der Waals surface area contributed by atoms with E-state index in [0.29, 0.717) is 6.42 Å². The van der Waals surface area contributed by atoms with Gasteiger partial charge in [0.1, 0.15) is 11.9 Å². The first kappa shape index (κ1) is 18.9. The number of carbonyl (C=O) groups excluding carboxylic acids is 2. The first-order valence-corrected chi connectivity index (χ1v) is 9.33. The molecular weight excluding hydrogens is 344 g/mol. The lowest BCUT2D eigenvalue weighted by Gasteiger charge is -2.20. The van der Waals surface area contributed by atoms with E-state index in [2.05, 4.69) is 20.7 Å². The summed E-state index contributed by atoms with van der Waals surface area (Å²) in [5, 5.41) is 9.95. The van der Waals surface area contributed by atoms with Gasteiger partial charge in [-0.1, -0.05) is 19.8 Å². The van der Waals surface area contributed by atoms with E-state index in [1.54, 1.807) is 23.1 Å². The van der Waals surface area contributed by atoms with E-state index in [1.807, 2.05) is 20.2 Å². The standard InChI is InChI=1S/C19H26N6O2/c1-3-16(19(27)23-14-6-4-5-7-14)24-18(26)15-8-12(9-21-17(15)20)13-10-22-25(2)11-13/h8-11,14,16H,3-7H2,1-2H3,(H2,20,21)(H,23,27)(H,24,26)/t16-/m0/s1. The van der Waals surface area contributed by atoms with E-state index in [1.165, 1.54) is 0 Å². The van der Waals surface area contributed by atoms with Crippen molar-refractivity contribution in [1.82, 2.24) is 25.4 Å². The zero-order valence-electron chi connectivity index (χ0n) is 15.7. The minimum Gasteiger partial charge on any atom is -0.383 e. The molecule has 144 valence electrons. The topological polar surface area (TPSA) is 115 Å². The molecule has 0 saturated heterocycles. The predicted octanol–water partition coefficient (Wildman–Crippen LogP) is 1.63. The van der Waals surface area contributed by atoms with E-state index in [-0.39, 0.29) is 23.3 Å². The fourth-order valence-corrected chi connectivity index (χ4v) is 3.35. The molecule has 8 nitrogen and oxygen atoms in total. The molecule has 0 aliphatic heterocycles. The highest BCUT2D eigenvalue weighted by molar-refractivity contribution is 6.01. The van der Waals surface area contributed by atoms with Crippen LogP contribution in [0.15, 0.2) is 24.7 Å². The summed E-state index contributed by atoms with van der Waals surface area (Å²) in [4.78, 5) is 29.3. The van der Waals surface area contributed by atoms with Crippen LogP contribution < -0.4 is 16.4 Å². The van der Waals surface area contributed by atoms with E-state index in [9.17, 15) is 9.59 Å². The van der Waals surface area contributed by atoms with Gasteiger partial charge in [0.15, 0.2) is 0 Å². The van der Waals surface area contributed by atoms with Gasteiger partial charge in [-0.05, 0) is 25.3 Å². The largest absolute Gasteiger partial charge is 0.383 e. The van der Waals surface area contributed by atoms with E-state index < -0.39 is 11.9 Å². The summed E-state index contributed by atoms with van der Waals surface area (Å²) in [6.45, 7) is 1.87. The fraction of sp³-hybridized carbons (Fsp3) is 0.474. The highest BCUT2D eigenvalue weighted by atomic mass is 16.2. The predicted molar refractivity (Wildman–Crippen MR) is 103 cm³/mol. The van der Waals surface area contributed by atoms with Crippen molar-refractivity contribution in [2.45, 2.75) is 51.1 Å². The molecule has 0 spiro atoms. The van der Waals surface area contributed by atoms with Gasteiger partial charge < -0.3 is 16.4 Å². The molecule has 2 aromatic heterocycles. The lowest BCUT2D eigenvalue weighted by atomic mass is 10.1. The number of hydrogen-bond acceptors (Lipinski definition) is 5. The first-order valence-electron chi connectivity index (χ1n) is 9.33. The number of amides is 2. The van der Waals surface area contributed by atoms with Crippen LogP contribution in [0.2, 0.25) is 0 Å². The molecule has 0 aromatic carbocycles. The fourth-order valence-electron chi connectivity index (χ4n) is 3.35. The van der Waals surface area contributed by atoms with Gasteiger partial charge in [-0.25, -0.2) is 4.98 Å². The van der Waals surface area contributed by atoms with Crippen LogP contribution >= 0.6 is 0 Å². The Hall–Kier alpha value is -2.90. The van der Waals surface area contributed by atoms with Crippen LogP contribution in [0.5, 0.6) is 0 Å². The van der Waals surface area contributed by atoms with E-state index in [0.717, 1.165) is 36.8 Å². The van der Waals surface area contributed by atoms with E-state index in [4.69, 9.17) is 5.73 Å². The number of nitrogens with two attached hydrogens (primary N) is 1. The van der Waals surface area contributed by atoms with Crippen molar-refractivity contribution in [2.75, 3.05) is 5.73 Å². The second-order valence-electron chi connectivity index (χ2n) is 6.98. The molecule has 8 heteroatoms. The Bertz CT molecular complexity index is 825. The first-order chi connectivity index (χ1) is 13.0. The number of carbonyl (C=O) groups is 2. The van der Waals surface area contributed by atoms with Gasteiger partial charge in [-0.3, -0.25) is 14.3 Å². The maximum atomic E-state index is 12.7. The molecule has 0 unspecified atom stereocenters. The van der Waals surface area contributed by atoms with Crippen LogP contribution in [0.3, 0.4) is 0 Å². The molecule has 1 saturated carbocycles. The summed E-state index contributed by atoms with van der Waals surface area (Å²) in [5.74, 6) is -0.418. The smallest absolute Gasteiger partial charge is 0.255 e. The van der Waals surface area contributed by atoms with Gasteiger partial charge in [-0.2, -0.15) is 5.10 Å². The van der Waals surface area contributed by atoms with Crippen molar-refractivity contribution in [3.8, 4) is 11.1 Å². The summed E-state index contributed by atoms with van der Waals surface area (Å²) in [6.07, 6.45) is 9.90. The number of hydrogen-bond donors (Lipinski definition) is 3. The van der Waals surface area contributed by atoms with Crippen molar-refractivity contribution in [3.63, 3.8) is 0 Å². The third-order valence-electron chi connectivity index (χ3n) is 4.93. The second-order valence-corrected chi connectivity index (χ2v) is 6.98. The molecule has 3 rings (SSSR count). The van der Waals surface area contributed by atoms with Crippen LogP contribution in [0.4, 0.5) is 5.82 Å². The number of nitrogens with one attached hydrogen (secondary N) is 2. The van der Waals surface area contributed by atoms with Crippen molar-refractivity contribution in [2.24, 2.45) is 7.05 Å². The molecule has 1 atom stereocenters. The van der Waals surface area contributed by atoms with Crippen LogP contribution in [-0.2, 0) is 11.8 Å². The summed E-state index contributed by atoms with van der Waals surface area (Å²) in [6, 6.07) is 1.29. The number of aryl methyl sites for hydroxylation is 1. The molecule has 0 bridgehead atoms. The average molecular weight is 370 g/mol. The minimum atomic E-state index is -0.598. The summed E-state index contributed by atoms with van der Waals surface area (Å²) in [5.41, 5.74) is 7.74. The molecular formula is C19H26N6O2. The molecule has 2 amide bonds. The summed E-state index contributed by atoms with van der Waals surface area (Å²) >= 11 is 0. The lowest BCUT2D eigenvalue weighted by molar-refractivity contribution is -0.123. The third-order valence-corrected chi connectivity index (χ3v) is 4.93. The number of aromatic nitrogens is 3. The Balaban J connectivity index is 1.72. The van der Waals surface area contributed by atoms with Crippen molar-refractivity contribution >= 4 is 17.6 Å². The van der Waals surface area contributed by atoms with Crippen molar-refractivity contribution in [3.05, 3.63) is 30.2 Å².